The van der Waals surface area contributed by atoms with E-state index in [2.05, 4.69) is 4.98 Å². The maximum atomic E-state index is 10.9. The number of hydrogen-bond donors (Lipinski definition) is 0. The fourth-order valence-corrected chi connectivity index (χ4v) is 1.91. The summed E-state index contributed by atoms with van der Waals surface area (Å²) < 4.78 is 7.05. The van der Waals surface area contributed by atoms with Crippen molar-refractivity contribution in [2.45, 2.75) is 6.92 Å². The number of rotatable bonds is 3. The third-order valence-electron chi connectivity index (χ3n) is 2.75. The van der Waals surface area contributed by atoms with Crippen LogP contribution in [0.25, 0.3) is 11.3 Å². The summed E-state index contributed by atoms with van der Waals surface area (Å²) in [7, 11) is 3.51. The van der Waals surface area contributed by atoms with Gasteiger partial charge in [0.15, 0.2) is 6.29 Å². The van der Waals surface area contributed by atoms with Crippen molar-refractivity contribution in [2.75, 3.05) is 7.11 Å². The molecule has 0 aliphatic rings. The first-order valence-electron chi connectivity index (χ1n) is 5.29. The molecule has 0 amide bonds. The highest BCUT2D eigenvalue weighted by Crippen LogP contribution is 2.27. The average molecular weight is 230 g/mol. The second-order valence-corrected chi connectivity index (χ2v) is 3.89. The van der Waals surface area contributed by atoms with Crippen LogP contribution < -0.4 is 4.74 Å². The number of aryl methyl sites for hydroxylation is 2. The first-order chi connectivity index (χ1) is 8.17. The Bertz CT molecular complexity index is 559. The van der Waals surface area contributed by atoms with Crippen molar-refractivity contribution < 1.29 is 9.53 Å². The molecule has 4 nitrogen and oxygen atoms in total. The van der Waals surface area contributed by atoms with Crippen LogP contribution in [0, 0.1) is 6.92 Å². The molecule has 1 aromatic carbocycles. The van der Waals surface area contributed by atoms with Crippen LogP contribution in [-0.4, -0.2) is 22.9 Å². The third-order valence-corrected chi connectivity index (χ3v) is 2.75. The number of carbonyl (C=O) groups is 1. The van der Waals surface area contributed by atoms with E-state index in [4.69, 9.17) is 4.74 Å². The van der Waals surface area contributed by atoms with E-state index < -0.39 is 0 Å². The normalized spacial score (nSPS) is 10.3. The van der Waals surface area contributed by atoms with Crippen LogP contribution in [-0.2, 0) is 7.05 Å². The lowest BCUT2D eigenvalue weighted by Gasteiger charge is -2.08. The molecule has 0 atom stereocenters. The molecule has 88 valence electrons. The van der Waals surface area contributed by atoms with Crippen molar-refractivity contribution in [2.24, 2.45) is 7.05 Å². The molecular weight excluding hydrogens is 216 g/mol. The Morgan fingerprint density at radius 3 is 2.76 bits per heavy atom. The Morgan fingerprint density at radius 1 is 1.41 bits per heavy atom. The van der Waals surface area contributed by atoms with Crippen LogP contribution in [0.5, 0.6) is 5.75 Å². The number of imidazole rings is 1. The van der Waals surface area contributed by atoms with Crippen LogP contribution in [0.4, 0.5) is 0 Å². The van der Waals surface area contributed by atoms with Gasteiger partial charge in [-0.15, -0.1) is 0 Å². The lowest BCUT2D eigenvalue weighted by atomic mass is 10.1. The summed E-state index contributed by atoms with van der Waals surface area (Å²) in [5.41, 5.74) is 3.27. The zero-order chi connectivity index (χ0) is 12.4. The zero-order valence-electron chi connectivity index (χ0n) is 10.1. The Labute approximate surface area is 99.9 Å². The van der Waals surface area contributed by atoms with Gasteiger partial charge in [0.1, 0.15) is 11.4 Å². The number of hydrogen-bond acceptors (Lipinski definition) is 3. The molecule has 4 heteroatoms. The number of aldehydes is 1. The maximum Gasteiger partial charge on any atom is 0.170 e. The monoisotopic (exact) mass is 230 g/mol. The quantitative estimate of drug-likeness (QED) is 0.759. The van der Waals surface area contributed by atoms with Gasteiger partial charge >= 0.3 is 0 Å². The molecule has 0 spiro atoms. The van der Waals surface area contributed by atoms with E-state index in [9.17, 15) is 4.79 Å². The number of nitrogens with zero attached hydrogens (tertiary/aromatic N) is 2. The van der Waals surface area contributed by atoms with Crippen LogP contribution in [0.2, 0.25) is 0 Å². The molecule has 2 rings (SSSR count). The van der Waals surface area contributed by atoms with Crippen molar-refractivity contribution in [1.29, 1.82) is 0 Å². The summed E-state index contributed by atoms with van der Waals surface area (Å²) in [5.74, 6) is 0.837. The Hall–Kier alpha value is -2.10. The smallest absolute Gasteiger partial charge is 0.170 e. The van der Waals surface area contributed by atoms with Gasteiger partial charge in [0.05, 0.1) is 19.1 Å². The Balaban J connectivity index is 2.56. The first kappa shape index (κ1) is 11.4. The molecule has 0 bridgehead atoms. The van der Waals surface area contributed by atoms with Gasteiger partial charge in [-0.25, -0.2) is 4.98 Å². The first-order valence-corrected chi connectivity index (χ1v) is 5.29. The van der Waals surface area contributed by atoms with Gasteiger partial charge in [0, 0.05) is 12.6 Å². The maximum absolute atomic E-state index is 10.9. The van der Waals surface area contributed by atoms with E-state index in [1.165, 1.54) is 0 Å². The van der Waals surface area contributed by atoms with Crippen LogP contribution in [0.3, 0.4) is 0 Å². The fourth-order valence-electron chi connectivity index (χ4n) is 1.91. The standard InChI is InChI=1S/C13H14N2O2/c1-9-6-10(4-5-12(9)17-3)13-11(7-16)14-8-15(13)2/h4-8H,1-3H3. The summed E-state index contributed by atoms with van der Waals surface area (Å²) in [5, 5.41) is 0. The van der Waals surface area contributed by atoms with Gasteiger partial charge < -0.3 is 9.30 Å². The molecule has 0 radical (unpaired) electrons. The minimum absolute atomic E-state index is 0.456. The van der Waals surface area contributed by atoms with Gasteiger partial charge in [0.25, 0.3) is 0 Å². The van der Waals surface area contributed by atoms with Crippen molar-refractivity contribution in [1.82, 2.24) is 9.55 Å². The summed E-state index contributed by atoms with van der Waals surface area (Å²) in [6, 6.07) is 5.81. The second kappa shape index (κ2) is 4.41. The highest BCUT2D eigenvalue weighted by atomic mass is 16.5. The van der Waals surface area contributed by atoms with Gasteiger partial charge in [-0.05, 0) is 30.7 Å². The van der Waals surface area contributed by atoms with E-state index in [1.54, 1.807) is 13.4 Å². The number of carbonyl (C=O) groups excluding carboxylic acids is 1. The minimum atomic E-state index is 0.456. The largest absolute Gasteiger partial charge is 0.496 e. The van der Waals surface area contributed by atoms with Gasteiger partial charge in [0.2, 0.25) is 0 Å². The SMILES string of the molecule is COc1ccc(-c2c(C=O)ncn2C)cc1C. The number of methoxy groups -OCH3 is 1. The van der Waals surface area contributed by atoms with Gasteiger partial charge in [-0.1, -0.05) is 0 Å². The number of aromatic nitrogens is 2. The van der Waals surface area contributed by atoms with E-state index in [1.807, 2.05) is 36.7 Å². The molecular formula is C13H14N2O2. The van der Waals surface area contributed by atoms with Crippen molar-refractivity contribution in [3.8, 4) is 17.0 Å². The highest BCUT2D eigenvalue weighted by Gasteiger charge is 2.11. The van der Waals surface area contributed by atoms with E-state index >= 15 is 0 Å². The van der Waals surface area contributed by atoms with Gasteiger partial charge in [-0.2, -0.15) is 0 Å². The van der Waals surface area contributed by atoms with E-state index in [-0.39, 0.29) is 0 Å². The number of ether oxygens (including phenoxy) is 1. The van der Waals surface area contributed by atoms with E-state index in [0.29, 0.717) is 5.69 Å². The van der Waals surface area contributed by atoms with Crippen LogP contribution in [0.1, 0.15) is 16.1 Å². The van der Waals surface area contributed by atoms with E-state index in [0.717, 1.165) is 28.9 Å². The summed E-state index contributed by atoms with van der Waals surface area (Å²) in [4.78, 5) is 15.0. The molecule has 0 fully saturated rings. The van der Waals surface area contributed by atoms with Crippen LogP contribution >= 0.6 is 0 Å². The molecule has 0 saturated carbocycles. The predicted octanol–water partition coefficient (Wildman–Crippen LogP) is 2.22. The third kappa shape index (κ3) is 1.93. The second-order valence-electron chi connectivity index (χ2n) is 3.89. The lowest BCUT2D eigenvalue weighted by Crippen LogP contribution is -1.94. The fraction of sp³-hybridized carbons (Fsp3) is 0.231. The molecule has 0 saturated heterocycles. The summed E-state index contributed by atoms with van der Waals surface area (Å²) in [6.07, 6.45) is 2.41. The molecule has 1 heterocycles. The molecule has 17 heavy (non-hydrogen) atoms. The van der Waals surface area contributed by atoms with Crippen molar-refractivity contribution in [3.63, 3.8) is 0 Å². The lowest BCUT2D eigenvalue weighted by molar-refractivity contribution is 0.112. The zero-order valence-corrected chi connectivity index (χ0v) is 10.1. The van der Waals surface area contributed by atoms with Gasteiger partial charge in [-0.3, -0.25) is 4.79 Å². The van der Waals surface area contributed by atoms with Crippen LogP contribution in [0.15, 0.2) is 24.5 Å². The Morgan fingerprint density at radius 2 is 2.18 bits per heavy atom. The topological polar surface area (TPSA) is 44.1 Å². The molecule has 2 aromatic rings. The molecule has 0 aliphatic carbocycles. The molecule has 0 N–H and O–H groups in total. The van der Waals surface area contributed by atoms with Crippen molar-refractivity contribution in [3.05, 3.63) is 35.8 Å². The highest BCUT2D eigenvalue weighted by molar-refractivity contribution is 5.84. The summed E-state index contributed by atoms with van der Waals surface area (Å²) >= 11 is 0. The predicted molar refractivity (Wildman–Crippen MR) is 65.3 cm³/mol. The Kier molecular flexibility index (Phi) is 2.95. The summed E-state index contributed by atoms with van der Waals surface area (Å²) in [6.45, 7) is 1.97. The van der Waals surface area contributed by atoms with Crippen molar-refractivity contribution >= 4 is 6.29 Å². The number of benzene rings is 1. The molecule has 0 aliphatic heterocycles. The molecule has 0 unspecified atom stereocenters. The minimum Gasteiger partial charge on any atom is -0.496 e. The molecule has 1 aromatic heterocycles. The average Bonchev–Trinajstić information content (AvgIpc) is 2.70.